The Hall–Kier alpha value is -2.53. The first-order chi connectivity index (χ1) is 12.9. The first-order valence-electron chi connectivity index (χ1n) is 9.00. The van der Waals surface area contributed by atoms with Crippen molar-refractivity contribution in [2.24, 2.45) is 0 Å². The largest absolute Gasteiger partial charge is 0.377 e. The monoisotopic (exact) mass is 385 g/mol. The van der Waals surface area contributed by atoms with Crippen molar-refractivity contribution in [1.29, 1.82) is 0 Å². The molecule has 2 amide bonds. The fourth-order valence-corrected chi connectivity index (χ4v) is 3.36. The van der Waals surface area contributed by atoms with Crippen molar-refractivity contribution in [3.05, 3.63) is 58.6 Å². The molecule has 1 fully saturated rings. The Morgan fingerprint density at radius 1 is 1.15 bits per heavy atom. The van der Waals surface area contributed by atoms with Crippen molar-refractivity contribution in [2.45, 2.75) is 32.4 Å². The minimum Gasteiger partial charge on any atom is -0.377 e. The normalized spacial score (nSPS) is 13.2. The number of nitrogens with zero attached hydrogens (tertiary/aromatic N) is 2. The van der Waals surface area contributed by atoms with E-state index in [2.05, 4.69) is 5.32 Å². The zero-order chi connectivity index (χ0) is 19.6. The van der Waals surface area contributed by atoms with Crippen LogP contribution in [0.15, 0.2) is 42.5 Å². The van der Waals surface area contributed by atoms with Crippen LogP contribution in [0.1, 0.15) is 35.7 Å². The molecule has 0 heterocycles. The van der Waals surface area contributed by atoms with Crippen LogP contribution >= 0.6 is 11.6 Å². The Morgan fingerprint density at radius 3 is 2.44 bits per heavy atom. The Bertz CT molecular complexity index is 862. The highest BCUT2D eigenvalue weighted by Gasteiger charge is 2.31. The summed E-state index contributed by atoms with van der Waals surface area (Å²) in [6.45, 7) is 2.14. The topological polar surface area (TPSA) is 52.7 Å². The zero-order valence-corrected chi connectivity index (χ0v) is 16.6. The van der Waals surface area contributed by atoms with Gasteiger partial charge in [0.1, 0.15) is 0 Å². The molecule has 2 aromatic rings. The summed E-state index contributed by atoms with van der Waals surface area (Å²) in [6.07, 6.45) is 2.11. The van der Waals surface area contributed by atoms with Gasteiger partial charge in [-0.3, -0.25) is 9.59 Å². The smallest absolute Gasteiger partial charge is 0.257 e. The minimum atomic E-state index is -0.255. The molecular weight excluding hydrogens is 362 g/mol. The quantitative estimate of drug-likeness (QED) is 0.811. The van der Waals surface area contributed by atoms with E-state index in [1.54, 1.807) is 31.2 Å². The summed E-state index contributed by atoms with van der Waals surface area (Å²) in [6, 6.07) is 13.0. The number of halogens is 1. The van der Waals surface area contributed by atoms with Gasteiger partial charge >= 0.3 is 0 Å². The molecule has 0 aromatic heterocycles. The van der Waals surface area contributed by atoms with Crippen molar-refractivity contribution in [3.63, 3.8) is 0 Å². The second-order valence-electron chi connectivity index (χ2n) is 7.05. The molecule has 0 radical (unpaired) electrons. The van der Waals surface area contributed by atoms with Crippen LogP contribution in [0.25, 0.3) is 0 Å². The molecule has 0 saturated heterocycles. The van der Waals surface area contributed by atoms with Crippen LogP contribution in [0.3, 0.4) is 0 Å². The predicted molar refractivity (Wildman–Crippen MR) is 109 cm³/mol. The van der Waals surface area contributed by atoms with Gasteiger partial charge in [-0.05, 0) is 48.7 Å². The van der Waals surface area contributed by atoms with Crippen LogP contribution in [0.2, 0.25) is 5.02 Å². The summed E-state index contributed by atoms with van der Waals surface area (Å²) in [5.41, 5.74) is 3.14. The molecule has 5 nitrogen and oxygen atoms in total. The molecule has 1 aliphatic rings. The van der Waals surface area contributed by atoms with Crippen LogP contribution in [-0.2, 0) is 11.3 Å². The van der Waals surface area contributed by atoms with Gasteiger partial charge in [-0.1, -0.05) is 23.7 Å². The number of hydrogen-bond donors (Lipinski definition) is 1. The highest BCUT2D eigenvalue weighted by atomic mass is 35.5. The molecule has 0 bridgehead atoms. The standard InChI is InChI=1S/C21H24ClN3O2/c1-14(26)25(17-9-10-17)13-15-12-16(8-11-20(15)24(2)3)23-21(27)18-6-4-5-7-19(18)22/h4-8,11-12,17H,9-10,13H2,1-3H3,(H,23,27). The fraction of sp³-hybridized carbons (Fsp3) is 0.333. The Balaban J connectivity index is 1.85. The first-order valence-corrected chi connectivity index (χ1v) is 9.38. The number of carbonyl (C=O) groups excluding carboxylic acids is 2. The van der Waals surface area contributed by atoms with Gasteiger partial charge in [-0.2, -0.15) is 0 Å². The van der Waals surface area contributed by atoms with Gasteiger partial charge in [-0.25, -0.2) is 0 Å². The Kier molecular flexibility index (Phi) is 5.71. The van der Waals surface area contributed by atoms with Crippen molar-refractivity contribution >= 4 is 34.8 Å². The van der Waals surface area contributed by atoms with Crippen LogP contribution in [-0.4, -0.2) is 36.9 Å². The lowest BCUT2D eigenvalue weighted by molar-refractivity contribution is -0.130. The number of amides is 2. The molecule has 142 valence electrons. The van der Waals surface area contributed by atoms with Crippen LogP contribution in [0.5, 0.6) is 0 Å². The van der Waals surface area contributed by atoms with E-state index in [9.17, 15) is 9.59 Å². The Labute approximate surface area is 164 Å². The van der Waals surface area contributed by atoms with Crippen LogP contribution < -0.4 is 10.2 Å². The molecule has 0 atom stereocenters. The summed E-state index contributed by atoms with van der Waals surface area (Å²) in [7, 11) is 3.94. The molecule has 2 aromatic carbocycles. The van der Waals surface area contributed by atoms with E-state index >= 15 is 0 Å². The second kappa shape index (κ2) is 8.01. The molecule has 0 spiro atoms. The third-order valence-corrected chi connectivity index (χ3v) is 5.00. The lowest BCUT2D eigenvalue weighted by atomic mass is 10.1. The number of nitrogens with one attached hydrogen (secondary N) is 1. The maximum Gasteiger partial charge on any atom is 0.257 e. The fourth-order valence-electron chi connectivity index (χ4n) is 3.14. The SMILES string of the molecule is CC(=O)N(Cc1cc(NC(=O)c2ccccc2Cl)ccc1N(C)C)C1CC1. The third-order valence-electron chi connectivity index (χ3n) is 4.67. The average molecular weight is 386 g/mol. The van der Waals surface area contributed by atoms with Gasteiger partial charge in [0, 0.05) is 45.0 Å². The average Bonchev–Trinajstić information content (AvgIpc) is 3.44. The molecule has 1 aliphatic carbocycles. The van der Waals surface area contributed by atoms with E-state index in [0.717, 1.165) is 24.1 Å². The van der Waals surface area contributed by atoms with Gasteiger partial charge in [0.05, 0.1) is 10.6 Å². The molecule has 6 heteroatoms. The lowest BCUT2D eigenvalue weighted by Gasteiger charge is -2.25. The predicted octanol–water partition coefficient (Wildman–Crippen LogP) is 4.17. The van der Waals surface area contributed by atoms with Crippen molar-refractivity contribution in [3.8, 4) is 0 Å². The molecular formula is C21H24ClN3O2. The van der Waals surface area contributed by atoms with Gasteiger partial charge < -0.3 is 15.1 Å². The molecule has 1 N–H and O–H groups in total. The van der Waals surface area contributed by atoms with Crippen LogP contribution in [0.4, 0.5) is 11.4 Å². The summed E-state index contributed by atoms with van der Waals surface area (Å²) in [4.78, 5) is 28.5. The molecule has 1 saturated carbocycles. The number of anilines is 2. The van der Waals surface area contributed by atoms with E-state index in [0.29, 0.717) is 28.9 Å². The van der Waals surface area contributed by atoms with Crippen molar-refractivity contribution in [2.75, 3.05) is 24.3 Å². The van der Waals surface area contributed by atoms with E-state index in [4.69, 9.17) is 11.6 Å². The number of hydrogen-bond acceptors (Lipinski definition) is 3. The first kappa shape index (κ1) is 19.2. The number of carbonyl (C=O) groups is 2. The van der Waals surface area contributed by atoms with E-state index in [1.165, 1.54) is 0 Å². The summed E-state index contributed by atoms with van der Waals surface area (Å²) in [5.74, 6) is -0.178. The molecule has 3 rings (SSSR count). The van der Waals surface area contributed by atoms with Gasteiger partial charge in [0.15, 0.2) is 0 Å². The number of benzene rings is 2. The van der Waals surface area contributed by atoms with E-state index in [1.807, 2.05) is 42.1 Å². The molecule has 0 unspecified atom stereocenters. The highest BCUT2D eigenvalue weighted by Crippen LogP contribution is 2.31. The summed E-state index contributed by atoms with van der Waals surface area (Å²) in [5, 5.41) is 3.32. The van der Waals surface area contributed by atoms with E-state index in [-0.39, 0.29) is 11.8 Å². The second-order valence-corrected chi connectivity index (χ2v) is 7.46. The van der Waals surface area contributed by atoms with Crippen molar-refractivity contribution < 1.29 is 9.59 Å². The summed E-state index contributed by atoms with van der Waals surface area (Å²) < 4.78 is 0. The third kappa shape index (κ3) is 4.61. The summed E-state index contributed by atoms with van der Waals surface area (Å²) >= 11 is 6.12. The van der Waals surface area contributed by atoms with Crippen molar-refractivity contribution in [1.82, 2.24) is 4.90 Å². The van der Waals surface area contributed by atoms with Gasteiger partial charge in [0.25, 0.3) is 5.91 Å². The van der Waals surface area contributed by atoms with E-state index < -0.39 is 0 Å². The van der Waals surface area contributed by atoms with Crippen LogP contribution in [0, 0.1) is 0 Å². The highest BCUT2D eigenvalue weighted by molar-refractivity contribution is 6.34. The minimum absolute atomic E-state index is 0.0766. The maximum absolute atomic E-state index is 12.5. The molecule has 0 aliphatic heterocycles. The zero-order valence-electron chi connectivity index (χ0n) is 15.8. The van der Waals surface area contributed by atoms with Gasteiger partial charge in [0.2, 0.25) is 5.91 Å². The Morgan fingerprint density at radius 2 is 1.85 bits per heavy atom. The van der Waals surface area contributed by atoms with Gasteiger partial charge in [-0.15, -0.1) is 0 Å². The number of rotatable bonds is 6. The molecule has 27 heavy (non-hydrogen) atoms. The maximum atomic E-state index is 12.5. The lowest BCUT2D eigenvalue weighted by Crippen LogP contribution is -2.31.